The summed E-state index contributed by atoms with van der Waals surface area (Å²) < 4.78 is 6.13. The first-order valence-electron chi connectivity index (χ1n) is 11.1. The number of amides is 1. The maximum atomic E-state index is 13.7. The van der Waals surface area contributed by atoms with Crippen molar-refractivity contribution in [2.75, 3.05) is 5.32 Å². The Hall–Kier alpha value is -2.81. The number of carbonyl (C=O) groups excluding carboxylic acids is 1. The molecule has 1 aliphatic carbocycles. The van der Waals surface area contributed by atoms with Crippen LogP contribution in [0.2, 0.25) is 0 Å². The molecule has 1 saturated carbocycles. The third-order valence-electron chi connectivity index (χ3n) is 6.50. The van der Waals surface area contributed by atoms with Crippen LogP contribution in [-0.2, 0) is 10.2 Å². The number of hydrogen-bond acceptors (Lipinski definition) is 2. The number of nitrogens with one attached hydrogen (secondary N) is 1. The zero-order chi connectivity index (χ0) is 21.1. The Labute approximate surface area is 179 Å². The molecule has 3 aromatic carbocycles. The van der Waals surface area contributed by atoms with Crippen molar-refractivity contribution in [1.29, 1.82) is 0 Å². The van der Waals surface area contributed by atoms with Crippen LogP contribution in [0.4, 0.5) is 5.69 Å². The lowest BCUT2D eigenvalue weighted by molar-refractivity contribution is -0.121. The standard InChI is InChI=1S/C27H31NO2/c1-4-20(3)30-25-15-14-24(22-12-5-6-13-23(22)25)28-26(29)27(16-7-8-17-27)21-11-9-10-19(2)18-21/h5-6,9-15,18,20H,4,7-8,16-17H2,1-3H3,(H,28,29)/t20-/m0/s1. The van der Waals surface area contributed by atoms with Crippen molar-refractivity contribution in [3.63, 3.8) is 0 Å². The fraction of sp³-hybridized carbons (Fsp3) is 0.370. The molecule has 0 bridgehead atoms. The van der Waals surface area contributed by atoms with Crippen molar-refractivity contribution in [2.24, 2.45) is 0 Å². The van der Waals surface area contributed by atoms with Crippen LogP contribution in [0.5, 0.6) is 5.75 Å². The molecule has 0 radical (unpaired) electrons. The summed E-state index contributed by atoms with van der Waals surface area (Å²) in [6.07, 6.45) is 5.07. The minimum atomic E-state index is -0.445. The number of benzene rings is 3. The number of anilines is 1. The average Bonchev–Trinajstić information content (AvgIpc) is 3.27. The van der Waals surface area contributed by atoms with Gasteiger partial charge in [0.2, 0.25) is 5.91 Å². The zero-order valence-electron chi connectivity index (χ0n) is 18.2. The zero-order valence-corrected chi connectivity index (χ0v) is 18.2. The molecule has 1 amide bonds. The summed E-state index contributed by atoms with van der Waals surface area (Å²) in [6, 6.07) is 20.6. The predicted molar refractivity (Wildman–Crippen MR) is 124 cm³/mol. The quantitative estimate of drug-likeness (QED) is 0.494. The van der Waals surface area contributed by atoms with Gasteiger partial charge in [0.1, 0.15) is 5.75 Å². The van der Waals surface area contributed by atoms with Crippen LogP contribution >= 0.6 is 0 Å². The van der Waals surface area contributed by atoms with E-state index in [1.165, 1.54) is 5.56 Å². The summed E-state index contributed by atoms with van der Waals surface area (Å²) >= 11 is 0. The van der Waals surface area contributed by atoms with E-state index in [0.29, 0.717) is 0 Å². The Kier molecular flexibility index (Phi) is 5.80. The molecular formula is C27H31NO2. The summed E-state index contributed by atoms with van der Waals surface area (Å²) in [5.74, 6) is 0.971. The lowest BCUT2D eigenvalue weighted by atomic mass is 9.77. The molecule has 0 unspecified atom stereocenters. The van der Waals surface area contributed by atoms with Crippen molar-refractivity contribution < 1.29 is 9.53 Å². The van der Waals surface area contributed by atoms with Crippen molar-refractivity contribution >= 4 is 22.4 Å². The lowest BCUT2D eigenvalue weighted by Gasteiger charge is -2.29. The molecule has 0 heterocycles. The van der Waals surface area contributed by atoms with Gasteiger partial charge in [-0.3, -0.25) is 4.79 Å². The van der Waals surface area contributed by atoms with Gasteiger partial charge in [-0.15, -0.1) is 0 Å². The first-order valence-corrected chi connectivity index (χ1v) is 11.1. The fourth-order valence-corrected chi connectivity index (χ4v) is 4.59. The van der Waals surface area contributed by atoms with Crippen LogP contribution in [0.25, 0.3) is 10.8 Å². The van der Waals surface area contributed by atoms with Gasteiger partial charge in [-0.25, -0.2) is 0 Å². The molecule has 0 aromatic heterocycles. The van der Waals surface area contributed by atoms with E-state index in [1.807, 2.05) is 24.3 Å². The van der Waals surface area contributed by atoms with Crippen LogP contribution in [0, 0.1) is 6.92 Å². The Morgan fingerprint density at radius 1 is 1.03 bits per heavy atom. The molecule has 1 atom stereocenters. The number of carbonyl (C=O) groups is 1. The first kappa shape index (κ1) is 20.5. The Morgan fingerprint density at radius 2 is 1.77 bits per heavy atom. The minimum absolute atomic E-state index is 0.103. The maximum absolute atomic E-state index is 13.7. The number of hydrogen-bond donors (Lipinski definition) is 1. The molecule has 3 nitrogen and oxygen atoms in total. The molecule has 1 N–H and O–H groups in total. The van der Waals surface area contributed by atoms with Crippen molar-refractivity contribution in [3.8, 4) is 5.75 Å². The number of fused-ring (bicyclic) bond motifs is 1. The SMILES string of the molecule is CC[C@H](C)Oc1ccc(NC(=O)C2(c3cccc(C)c3)CCCC2)c2ccccc12. The number of rotatable bonds is 6. The summed E-state index contributed by atoms with van der Waals surface area (Å²) in [4.78, 5) is 13.7. The molecule has 4 rings (SSSR count). The van der Waals surface area contributed by atoms with Gasteiger partial charge in [-0.1, -0.05) is 73.9 Å². The van der Waals surface area contributed by atoms with Crippen LogP contribution in [0.1, 0.15) is 57.1 Å². The summed E-state index contributed by atoms with van der Waals surface area (Å²) in [6.45, 7) is 6.29. The summed E-state index contributed by atoms with van der Waals surface area (Å²) in [5, 5.41) is 5.34. The Bertz CT molecular complexity index is 1050. The average molecular weight is 402 g/mol. The molecule has 3 heteroatoms. The first-order chi connectivity index (χ1) is 14.5. The molecule has 156 valence electrons. The second kappa shape index (κ2) is 8.51. The predicted octanol–water partition coefficient (Wildman–Crippen LogP) is 6.78. The van der Waals surface area contributed by atoms with E-state index in [2.05, 4.69) is 62.5 Å². The molecule has 1 aliphatic rings. The molecule has 1 fully saturated rings. The van der Waals surface area contributed by atoms with Crippen LogP contribution in [-0.4, -0.2) is 12.0 Å². The van der Waals surface area contributed by atoms with Crippen molar-refractivity contribution in [3.05, 3.63) is 71.8 Å². The van der Waals surface area contributed by atoms with Gasteiger partial charge < -0.3 is 10.1 Å². The van der Waals surface area contributed by atoms with Gasteiger partial charge in [-0.05, 0) is 50.8 Å². The molecule has 0 spiro atoms. The van der Waals surface area contributed by atoms with E-state index >= 15 is 0 Å². The minimum Gasteiger partial charge on any atom is -0.490 e. The van der Waals surface area contributed by atoms with Gasteiger partial charge in [-0.2, -0.15) is 0 Å². The Morgan fingerprint density at radius 3 is 2.47 bits per heavy atom. The summed E-state index contributed by atoms with van der Waals surface area (Å²) in [5.41, 5.74) is 2.74. The van der Waals surface area contributed by atoms with Gasteiger partial charge in [0, 0.05) is 16.5 Å². The number of ether oxygens (including phenoxy) is 1. The van der Waals surface area contributed by atoms with Crippen LogP contribution in [0.15, 0.2) is 60.7 Å². The van der Waals surface area contributed by atoms with Gasteiger partial charge in [0.15, 0.2) is 0 Å². The second-order valence-corrected chi connectivity index (χ2v) is 8.61. The third kappa shape index (κ3) is 3.81. The van der Waals surface area contributed by atoms with Gasteiger partial charge in [0.05, 0.1) is 11.5 Å². The van der Waals surface area contributed by atoms with Gasteiger partial charge in [0.25, 0.3) is 0 Å². The second-order valence-electron chi connectivity index (χ2n) is 8.61. The van der Waals surface area contributed by atoms with E-state index in [0.717, 1.165) is 59.9 Å². The van der Waals surface area contributed by atoms with E-state index in [-0.39, 0.29) is 12.0 Å². The van der Waals surface area contributed by atoms with Crippen LogP contribution < -0.4 is 10.1 Å². The molecule has 0 aliphatic heterocycles. The lowest BCUT2D eigenvalue weighted by Crippen LogP contribution is -2.38. The van der Waals surface area contributed by atoms with Gasteiger partial charge >= 0.3 is 0 Å². The van der Waals surface area contributed by atoms with E-state index < -0.39 is 5.41 Å². The van der Waals surface area contributed by atoms with Crippen molar-refractivity contribution in [2.45, 2.75) is 64.4 Å². The molecular weight excluding hydrogens is 370 g/mol. The molecule has 30 heavy (non-hydrogen) atoms. The van der Waals surface area contributed by atoms with Crippen molar-refractivity contribution in [1.82, 2.24) is 0 Å². The molecule has 0 saturated heterocycles. The monoisotopic (exact) mass is 401 g/mol. The highest BCUT2D eigenvalue weighted by atomic mass is 16.5. The maximum Gasteiger partial charge on any atom is 0.235 e. The highest BCUT2D eigenvalue weighted by Gasteiger charge is 2.42. The Balaban J connectivity index is 1.70. The third-order valence-corrected chi connectivity index (χ3v) is 6.50. The topological polar surface area (TPSA) is 38.3 Å². The van der Waals surface area contributed by atoms with E-state index in [1.54, 1.807) is 0 Å². The largest absolute Gasteiger partial charge is 0.490 e. The fourth-order valence-electron chi connectivity index (χ4n) is 4.59. The number of aryl methyl sites for hydroxylation is 1. The van der Waals surface area contributed by atoms with Crippen LogP contribution in [0.3, 0.4) is 0 Å². The smallest absolute Gasteiger partial charge is 0.235 e. The highest BCUT2D eigenvalue weighted by molar-refractivity contribution is 6.07. The summed E-state index contributed by atoms with van der Waals surface area (Å²) in [7, 11) is 0. The van der Waals surface area contributed by atoms with E-state index in [9.17, 15) is 4.79 Å². The normalized spacial score (nSPS) is 16.4. The molecule has 3 aromatic rings. The van der Waals surface area contributed by atoms with E-state index in [4.69, 9.17) is 4.74 Å². The highest BCUT2D eigenvalue weighted by Crippen LogP contribution is 2.43.